The van der Waals surface area contributed by atoms with E-state index < -0.39 is 0 Å². The Morgan fingerprint density at radius 2 is 1.94 bits per heavy atom. The molecule has 0 spiro atoms. The van der Waals surface area contributed by atoms with Crippen LogP contribution in [0.1, 0.15) is 82.0 Å². The maximum absolute atomic E-state index is 13.1. The Morgan fingerprint density at radius 1 is 1.13 bits per heavy atom. The minimum atomic E-state index is -0.0943. The Hall–Kier alpha value is -2.08. The van der Waals surface area contributed by atoms with Crippen LogP contribution in [0.4, 0.5) is 11.4 Å². The van der Waals surface area contributed by atoms with E-state index in [2.05, 4.69) is 29.4 Å². The van der Waals surface area contributed by atoms with Crippen LogP contribution in [0.3, 0.4) is 0 Å². The van der Waals surface area contributed by atoms with Crippen molar-refractivity contribution in [2.75, 3.05) is 36.5 Å². The van der Waals surface area contributed by atoms with Crippen molar-refractivity contribution >= 4 is 23.2 Å². The van der Waals surface area contributed by atoms with Gasteiger partial charge in [-0.2, -0.15) is 0 Å². The van der Waals surface area contributed by atoms with E-state index in [1.54, 1.807) is 0 Å². The molecule has 2 fully saturated rings. The molecule has 2 aliphatic rings. The topological polar surface area (TPSA) is 70.7 Å². The second-order valence-electron chi connectivity index (χ2n) is 9.11. The lowest BCUT2D eigenvalue weighted by atomic mass is 9.97. The summed E-state index contributed by atoms with van der Waals surface area (Å²) in [7, 11) is 0. The second-order valence-corrected chi connectivity index (χ2v) is 9.11. The monoisotopic (exact) mass is 429 g/mol. The van der Waals surface area contributed by atoms with E-state index in [0.717, 1.165) is 82.7 Å². The van der Waals surface area contributed by atoms with Crippen LogP contribution in [-0.2, 0) is 9.53 Å². The van der Waals surface area contributed by atoms with E-state index in [1.807, 2.05) is 18.2 Å². The van der Waals surface area contributed by atoms with Crippen LogP contribution in [-0.4, -0.2) is 44.2 Å². The number of rotatable bonds is 10. The molecule has 2 aliphatic heterocycles. The smallest absolute Gasteiger partial charge is 0.253 e. The Morgan fingerprint density at radius 3 is 2.65 bits per heavy atom. The van der Waals surface area contributed by atoms with Crippen LogP contribution in [0.15, 0.2) is 18.2 Å². The molecule has 31 heavy (non-hydrogen) atoms. The number of benzene rings is 1. The quantitative estimate of drug-likeness (QED) is 0.527. The molecule has 0 saturated carbocycles. The summed E-state index contributed by atoms with van der Waals surface area (Å²) in [5.74, 6) is 0.642. The summed E-state index contributed by atoms with van der Waals surface area (Å²) in [4.78, 5) is 27.7. The molecule has 172 valence electrons. The molecule has 2 heterocycles. The predicted molar refractivity (Wildman–Crippen MR) is 126 cm³/mol. The number of piperidine rings is 1. The average Bonchev–Trinajstić information content (AvgIpc) is 3.29. The lowest BCUT2D eigenvalue weighted by Crippen LogP contribution is -2.36. The van der Waals surface area contributed by atoms with E-state index in [-0.39, 0.29) is 17.9 Å². The maximum atomic E-state index is 13.1. The van der Waals surface area contributed by atoms with Gasteiger partial charge in [0.2, 0.25) is 5.91 Å². The van der Waals surface area contributed by atoms with Gasteiger partial charge in [0, 0.05) is 44.0 Å². The Bertz CT molecular complexity index is 723. The first-order valence-corrected chi connectivity index (χ1v) is 12.2. The van der Waals surface area contributed by atoms with Gasteiger partial charge in [-0.05, 0) is 56.2 Å². The molecule has 3 rings (SSSR count). The van der Waals surface area contributed by atoms with Crippen LogP contribution in [0.25, 0.3) is 0 Å². The van der Waals surface area contributed by atoms with Crippen molar-refractivity contribution in [3.63, 3.8) is 0 Å². The van der Waals surface area contributed by atoms with Crippen molar-refractivity contribution in [2.45, 2.75) is 77.7 Å². The Balaban J connectivity index is 1.68. The van der Waals surface area contributed by atoms with Crippen molar-refractivity contribution in [2.24, 2.45) is 5.92 Å². The summed E-state index contributed by atoms with van der Waals surface area (Å²) < 4.78 is 5.65. The maximum Gasteiger partial charge on any atom is 0.253 e. The Kier molecular flexibility index (Phi) is 9.19. The largest absolute Gasteiger partial charge is 0.376 e. The fourth-order valence-electron chi connectivity index (χ4n) is 4.36. The summed E-state index contributed by atoms with van der Waals surface area (Å²) in [6.07, 6.45) is 9.23. The van der Waals surface area contributed by atoms with Gasteiger partial charge in [-0.15, -0.1) is 0 Å². The van der Waals surface area contributed by atoms with Crippen LogP contribution in [0.2, 0.25) is 0 Å². The van der Waals surface area contributed by atoms with E-state index in [4.69, 9.17) is 4.74 Å². The zero-order chi connectivity index (χ0) is 22.1. The summed E-state index contributed by atoms with van der Waals surface area (Å²) in [6.45, 7) is 7.66. The van der Waals surface area contributed by atoms with Crippen molar-refractivity contribution in [1.29, 1.82) is 0 Å². The first-order valence-electron chi connectivity index (χ1n) is 12.2. The molecular weight excluding hydrogens is 390 g/mol. The van der Waals surface area contributed by atoms with Gasteiger partial charge in [-0.3, -0.25) is 9.59 Å². The van der Waals surface area contributed by atoms with Crippen LogP contribution >= 0.6 is 0 Å². The molecule has 2 amide bonds. The molecule has 0 radical (unpaired) electrons. The van der Waals surface area contributed by atoms with E-state index >= 15 is 0 Å². The zero-order valence-electron chi connectivity index (χ0n) is 19.3. The van der Waals surface area contributed by atoms with E-state index in [0.29, 0.717) is 24.2 Å². The van der Waals surface area contributed by atoms with Crippen molar-refractivity contribution < 1.29 is 14.3 Å². The van der Waals surface area contributed by atoms with Crippen LogP contribution < -0.4 is 15.5 Å². The molecule has 0 bridgehead atoms. The molecule has 1 aromatic carbocycles. The third kappa shape index (κ3) is 7.23. The minimum Gasteiger partial charge on any atom is -0.376 e. The normalized spacial score (nSPS) is 19.4. The van der Waals surface area contributed by atoms with Gasteiger partial charge in [-0.25, -0.2) is 0 Å². The number of hydrogen-bond donors (Lipinski definition) is 2. The fourth-order valence-corrected chi connectivity index (χ4v) is 4.36. The standard InChI is InChI=1S/C25H39N3O3/c1-3-4-5-6-9-24(29)27-20-10-11-23(28-14-12-19(2)13-15-28)22(17-20)25(30)26-18-21-8-7-16-31-21/h10-11,17,19,21H,3-9,12-16,18H2,1-2H3,(H,26,30)(H,27,29)/t21-/m0/s1. The number of ether oxygens (including phenoxy) is 1. The first-order chi connectivity index (χ1) is 15.1. The summed E-state index contributed by atoms with van der Waals surface area (Å²) in [5, 5.41) is 6.04. The highest BCUT2D eigenvalue weighted by atomic mass is 16.5. The SMILES string of the molecule is CCCCCCC(=O)Nc1ccc(N2CCC(C)CC2)c(C(=O)NC[C@@H]2CCCO2)c1. The zero-order valence-corrected chi connectivity index (χ0v) is 19.3. The van der Waals surface area contributed by atoms with Gasteiger partial charge >= 0.3 is 0 Å². The number of hydrogen-bond acceptors (Lipinski definition) is 4. The van der Waals surface area contributed by atoms with E-state index in [9.17, 15) is 9.59 Å². The molecule has 2 saturated heterocycles. The summed E-state index contributed by atoms with van der Waals surface area (Å²) in [5.41, 5.74) is 2.28. The van der Waals surface area contributed by atoms with Crippen molar-refractivity contribution in [3.05, 3.63) is 23.8 Å². The molecular formula is C25H39N3O3. The van der Waals surface area contributed by atoms with Gasteiger partial charge in [0.05, 0.1) is 11.7 Å². The van der Waals surface area contributed by atoms with Gasteiger partial charge < -0.3 is 20.3 Å². The highest BCUT2D eigenvalue weighted by Gasteiger charge is 2.23. The number of carbonyl (C=O) groups excluding carboxylic acids is 2. The number of carbonyl (C=O) groups is 2. The number of unbranched alkanes of at least 4 members (excludes halogenated alkanes) is 3. The van der Waals surface area contributed by atoms with Gasteiger partial charge in [0.1, 0.15) is 0 Å². The van der Waals surface area contributed by atoms with Crippen LogP contribution in [0, 0.1) is 5.92 Å². The molecule has 0 unspecified atom stereocenters. The van der Waals surface area contributed by atoms with Crippen LogP contribution in [0.5, 0.6) is 0 Å². The van der Waals surface area contributed by atoms with Gasteiger partial charge in [-0.1, -0.05) is 33.1 Å². The van der Waals surface area contributed by atoms with E-state index in [1.165, 1.54) is 0 Å². The number of anilines is 2. The molecule has 1 aromatic rings. The summed E-state index contributed by atoms with van der Waals surface area (Å²) in [6, 6.07) is 5.75. The van der Waals surface area contributed by atoms with Gasteiger partial charge in [0.15, 0.2) is 0 Å². The third-order valence-corrected chi connectivity index (χ3v) is 6.42. The van der Waals surface area contributed by atoms with Crippen molar-refractivity contribution in [3.8, 4) is 0 Å². The predicted octanol–water partition coefficient (Wildman–Crippen LogP) is 4.74. The molecule has 6 nitrogen and oxygen atoms in total. The number of amides is 2. The highest BCUT2D eigenvalue weighted by Crippen LogP contribution is 2.29. The third-order valence-electron chi connectivity index (χ3n) is 6.42. The van der Waals surface area contributed by atoms with Crippen molar-refractivity contribution in [1.82, 2.24) is 5.32 Å². The first kappa shape index (κ1) is 23.6. The molecule has 0 aliphatic carbocycles. The van der Waals surface area contributed by atoms with Gasteiger partial charge in [0.25, 0.3) is 5.91 Å². The molecule has 6 heteroatoms. The lowest BCUT2D eigenvalue weighted by molar-refractivity contribution is -0.116. The Labute approximate surface area is 187 Å². The fraction of sp³-hybridized carbons (Fsp3) is 0.680. The highest BCUT2D eigenvalue weighted by molar-refractivity contribution is 6.02. The second kappa shape index (κ2) is 12.1. The molecule has 2 N–H and O–H groups in total. The molecule has 1 atom stereocenters. The number of nitrogens with zero attached hydrogens (tertiary/aromatic N) is 1. The average molecular weight is 430 g/mol. The minimum absolute atomic E-state index is 0.0152. The summed E-state index contributed by atoms with van der Waals surface area (Å²) >= 11 is 0. The molecule has 0 aromatic heterocycles. The number of nitrogens with one attached hydrogen (secondary N) is 2. The lowest BCUT2D eigenvalue weighted by Gasteiger charge is -2.33.